The second kappa shape index (κ2) is 14.4. The van der Waals surface area contributed by atoms with Gasteiger partial charge in [-0.15, -0.1) is 23.2 Å². The Morgan fingerprint density at radius 3 is 2.11 bits per heavy atom. The second-order valence-corrected chi connectivity index (χ2v) is 11.2. The van der Waals surface area contributed by atoms with E-state index in [0.29, 0.717) is 30.0 Å². The van der Waals surface area contributed by atoms with Gasteiger partial charge in [0.25, 0.3) is 5.91 Å². The Kier molecular flexibility index (Phi) is 11.3. The van der Waals surface area contributed by atoms with Crippen molar-refractivity contribution in [2.75, 3.05) is 45.6 Å². The van der Waals surface area contributed by atoms with Gasteiger partial charge in [0.05, 0.1) is 19.1 Å². The first-order valence-corrected chi connectivity index (χ1v) is 14.6. The molecule has 1 amide bonds. The average molecular weight is 580 g/mol. The first kappa shape index (κ1) is 29.8. The number of hydrogen-bond acceptors (Lipinski definition) is 5. The molecule has 204 valence electrons. The summed E-state index contributed by atoms with van der Waals surface area (Å²) in [5.41, 5.74) is 2.48. The maximum Gasteiger partial charge on any atom is 0.251 e. The highest BCUT2D eigenvalue weighted by molar-refractivity contribution is 7.89. The number of methoxy groups -OCH3 is 2. The molecule has 3 aromatic carbocycles. The van der Waals surface area contributed by atoms with Crippen LogP contribution in [0.15, 0.2) is 77.7 Å². The number of halogens is 2. The van der Waals surface area contributed by atoms with Crippen molar-refractivity contribution in [2.24, 2.45) is 0 Å². The smallest absolute Gasteiger partial charge is 0.251 e. The quantitative estimate of drug-likeness (QED) is 0.274. The summed E-state index contributed by atoms with van der Waals surface area (Å²) in [5.74, 6) is 1.21. The summed E-state index contributed by atoms with van der Waals surface area (Å²) >= 11 is 11.5. The van der Waals surface area contributed by atoms with Crippen LogP contribution in [0, 0.1) is 0 Å². The minimum Gasteiger partial charge on any atom is -0.493 e. The van der Waals surface area contributed by atoms with E-state index in [1.165, 1.54) is 28.6 Å². The Bertz CT molecular complexity index is 1280. The lowest BCUT2D eigenvalue weighted by molar-refractivity contribution is 0.0951. The van der Waals surface area contributed by atoms with E-state index in [9.17, 15) is 13.2 Å². The van der Waals surface area contributed by atoms with Crippen molar-refractivity contribution in [1.29, 1.82) is 0 Å². The molecule has 0 bridgehead atoms. The molecule has 1 N–H and O–H groups in total. The number of carbonyl (C=O) groups excluding carboxylic acids is 1. The van der Waals surface area contributed by atoms with Crippen LogP contribution >= 0.6 is 23.2 Å². The molecule has 1 atom stereocenters. The molecule has 0 spiro atoms. The van der Waals surface area contributed by atoms with Gasteiger partial charge in [0.1, 0.15) is 0 Å². The molecular formula is C28H32Cl2N2O5S. The van der Waals surface area contributed by atoms with Crippen LogP contribution in [0.4, 0.5) is 0 Å². The molecule has 1 unspecified atom stereocenters. The summed E-state index contributed by atoms with van der Waals surface area (Å²) in [6.45, 7) is 0.665. The zero-order chi connectivity index (χ0) is 27.5. The normalized spacial score (nSPS) is 12.2. The monoisotopic (exact) mass is 578 g/mol. The fraction of sp³-hybridized carbons (Fsp3) is 0.321. The van der Waals surface area contributed by atoms with Gasteiger partial charge in [0, 0.05) is 42.9 Å². The van der Waals surface area contributed by atoms with E-state index in [4.69, 9.17) is 32.7 Å². The number of benzene rings is 3. The highest BCUT2D eigenvalue weighted by Crippen LogP contribution is 2.32. The predicted molar refractivity (Wildman–Crippen MR) is 151 cm³/mol. The van der Waals surface area contributed by atoms with Crippen molar-refractivity contribution in [3.63, 3.8) is 0 Å². The summed E-state index contributed by atoms with van der Waals surface area (Å²) < 4.78 is 37.9. The lowest BCUT2D eigenvalue weighted by atomic mass is 9.91. The van der Waals surface area contributed by atoms with Gasteiger partial charge in [-0.3, -0.25) is 4.79 Å². The fourth-order valence-electron chi connectivity index (χ4n) is 4.10. The first-order valence-electron chi connectivity index (χ1n) is 12.1. The minimum atomic E-state index is -3.77. The van der Waals surface area contributed by atoms with E-state index in [-0.39, 0.29) is 41.6 Å². The van der Waals surface area contributed by atoms with Crippen LogP contribution in [0.3, 0.4) is 0 Å². The Balaban J connectivity index is 1.77. The molecule has 0 saturated carbocycles. The van der Waals surface area contributed by atoms with Crippen LogP contribution < -0.4 is 14.8 Å². The second-order valence-electron chi connectivity index (χ2n) is 8.52. The van der Waals surface area contributed by atoms with Crippen LogP contribution in [0.25, 0.3) is 0 Å². The summed E-state index contributed by atoms with van der Waals surface area (Å²) in [6, 6.07) is 21.6. The largest absolute Gasteiger partial charge is 0.493 e. The van der Waals surface area contributed by atoms with Crippen LogP contribution in [0.2, 0.25) is 0 Å². The van der Waals surface area contributed by atoms with Gasteiger partial charge < -0.3 is 14.8 Å². The summed E-state index contributed by atoms with van der Waals surface area (Å²) in [4.78, 5) is 13.1. The van der Waals surface area contributed by atoms with Crippen molar-refractivity contribution in [1.82, 2.24) is 9.62 Å². The van der Waals surface area contributed by atoms with Gasteiger partial charge in [-0.2, -0.15) is 4.31 Å². The third kappa shape index (κ3) is 7.63. The lowest BCUT2D eigenvalue weighted by Crippen LogP contribution is -2.34. The number of rotatable bonds is 14. The number of amides is 1. The van der Waals surface area contributed by atoms with Crippen LogP contribution in [0.1, 0.15) is 27.4 Å². The lowest BCUT2D eigenvalue weighted by Gasteiger charge is -2.21. The van der Waals surface area contributed by atoms with E-state index < -0.39 is 10.0 Å². The zero-order valence-electron chi connectivity index (χ0n) is 21.4. The SMILES string of the molecule is COc1ccc(C(CNC(=O)c2ccc(S(=O)(=O)N(CCCl)CCCl)cc2)Cc2ccccc2)cc1OC. The highest BCUT2D eigenvalue weighted by atomic mass is 35.5. The van der Waals surface area contributed by atoms with Crippen LogP contribution in [0.5, 0.6) is 11.5 Å². The molecular weight excluding hydrogens is 547 g/mol. The van der Waals surface area contributed by atoms with Gasteiger partial charge in [0.15, 0.2) is 11.5 Å². The topological polar surface area (TPSA) is 84.9 Å². The van der Waals surface area contributed by atoms with Gasteiger partial charge in [0.2, 0.25) is 10.0 Å². The van der Waals surface area contributed by atoms with Gasteiger partial charge in [-0.25, -0.2) is 8.42 Å². The molecule has 0 saturated heterocycles. The predicted octanol–water partition coefficient (Wildman–Crippen LogP) is 4.93. The summed E-state index contributed by atoms with van der Waals surface area (Å²) in [5, 5.41) is 3.00. The van der Waals surface area contributed by atoms with E-state index >= 15 is 0 Å². The maximum absolute atomic E-state index is 13.0. The van der Waals surface area contributed by atoms with Crippen LogP contribution in [-0.2, 0) is 16.4 Å². The number of alkyl halides is 2. The Morgan fingerprint density at radius 2 is 1.53 bits per heavy atom. The maximum atomic E-state index is 13.0. The zero-order valence-corrected chi connectivity index (χ0v) is 23.7. The van der Waals surface area contributed by atoms with Crippen molar-refractivity contribution in [3.8, 4) is 11.5 Å². The standard InChI is InChI=1S/C28H32Cl2N2O5S/c1-36-26-13-10-23(19-27(26)37-2)24(18-21-6-4-3-5-7-21)20-31-28(33)22-8-11-25(12-9-22)38(34,35)32(16-14-29)17-15-30/h3-13,19,24H,14-18,20H2,1-2H3,(H,31,33). The molecule has 10 heteroatoms. The van der Waals surface area contributed by atoms with Crippen molar-refractivity contribution in [2.45, 2.75) is 17.2 Å². The fourth-order valence-corrected chi connectivity index (χ4v) is 6.15. The van der Waals surface area contributed by atoms with Gasteiger partial charge in [-0.05, 0) is 53.9 Å². The molecule has 3 rings (SSSR count). The van der Waals surface area contributed by atoms with Gasteiger partial charge >= 0.3 is 0 Å². The number of nitrogens with one attached hydrogen (secondary N) is 1. The van der Waals surface area contributed by atoms with Gasteiger partial charge in [-0.1, -0.05) is 36.4 Å². The molecule has 0 radical (unpaired) electrons. The summed E-state index contributed by atoms with van der Waals surface area (Å²) in [6.07, 6.45) is 0.699. The number of nitrogens with zero attached hydrogens (tertiary/aromatic N) is 1. The molecule has 0 aliphatic carbocycles. The third-order valence-electron chi connectivity index (χ3n) is 6.14. The molecule has 3 aromatic rings. The number of ether oxygens (including phenoxy) is 2. The number of sulfonamides is 1. The summed E-state index contributed by atoms with van der Waals surface area (Å²) in [7, 11) is -0.592. The van der Waals surface area contributed by atoms with E-state index in [0.717, 1.165) is 11.1 Å². The molecule has 0 aromatic heterocycles. The molecule has 0 fully saturated rings. The van der Waals surface area contributed by atoms with Crippen molar-refractivity contribution >= 4 is 39.1 Å². The number of carbonyl (C=O) groups is 1. The molecule has 7 nitrogen and oxygen atoms in total. The minimum absolute atomic E-state index is 0.0412. The molecule has 0 aliphatic heterocycles. The van der Waals surface area contributed by atoms with Crippen molar-refractivity contribution < 1.29 is 22.7 Å². The average Bonchev–Trinajstić information content (AvgIpc) is 2.95. The van der Waals surface area contributed by atoms with E-state index in [2.05, 4.69) is 5.32 Å². The third-order valence-corrected chi connectivity index (χ3v) is 8.39. The van der Waals surface area contributed by atoms with Crippen LogP contribution in [-0.4, -0.2) is 64.2 Å². The highest BCUT2D eigenvalue weighted by Gasteiger charge is 2.24. The Labute approximate surface area is 234 Å². The van der Waals surface area contributed by atoms with E-state index in [1.54, 1.807) is 14.2 Å². The number of hydrogen-bond donors (Lipinski definition) is 1. The van der Waals surface area contributed by atoms with Crippen molar-refractivity contribution in [3.05, 3.63) is 89.5 Å². The Morgan fingerprint density at radius 1 is 0.895 bits per heavy atom. The molecule has 0 aliphatic rings. The molecule has 38 heavy (non-hydrogen) atoms. The first-order chi connectivity index (χ1) is 18.3. The van der Waals surface area contributed by atoms with E-state index in [1.807, 2.05) is 48.5 Å². The Hall–Kier alpha value is -2.78. The molecule has 0 heterocycles.